The van der Waals surface area contributed by atoms with E-state index in [-0.39, 0.29) is 59.3 Å². The molecule has 3 aliphatic carbocycles. The summed E-state index contributed by atoms with van der Waals surface area (Å²) < 4.78 is 24.1. The number of benzene rings is 1. The molecule has 3 N–H and O–H groups in total. The standard InChI is InChI=1S/C28H29Cl2FN4O3S/c29-20-2-1-3-21(30)24(20)25(32)19(26(36)14-4-5-14)13-38-23-10-17-8-16(23)12-35(17)27-22(31)9-15(11-33-27)28(37)34-39-18-6-7-18/h1-3,9,11,14,16-18,23,32,36H,4-8,10,12-13H2,(H,34,37)/b26-19-,32-25?/t16-,17-,23+/m0/s1. The monoisotopic (exact) mass is 590 g/mol. The van der Waals surface area contributed by atoms with Crippen LogP contribution < -0.4 is 9.62 Å². The van der Waals surface area contributed by atoms with Gasteiger partial charge in [-0.2, -0.15) is 0 Å². The SMILES string of the molecule is N=C(/C(CO[C@@H]1C[C@@H]2C[C@H]1CN2c1ncc(C(=O)NSC2CC2)cc1F)=C(\O)C1CC1)c1c(Cl)cccc1Cl. The maximum absolute atomic E-state index is 15.0. The molecule has 0 unspecified atom stereocenters. The van der Waals surface area contributed by atoms with Crippen LogP contribution in [0, 0.1) is 23.1 Å². The maximum atomic E-state index is 15.0. The first kappa shape index (κ1) is 26.9. The molecule has 2 bridgehead atoms. The van der Waals surface area contributed by atoms with Gasteiger partial charge < -0.3 is 14.7 Å². The van der Waals surface area contributed by atoms with Crippen LogP contribution in [0.1, 0.15) is 54.4 Å². The molecule has 39 heavy (non-hydrogen) atoms. The molecule has 1 aromatic heterocycles. The summed E-state index contributed by atoms with van der Waals surface area (Å²) in [7, 11) is 0. The zero-order chi connectivity index (χ0) is 27.3. The van der Waals surface area contributed by atoms with E-state index in [0.717, 1.165) is 32.1 Å². The Labute approximate surface area is 240 Å². The number of allylic oxidation sites excluding steroid dienone is 1. The van der Waals surface area contributed by atoms with Crippen molar-refractivity contribution in [3.8, 4) is 0 Å². The van der Waals surface area contributed by atoms with Crippen molar-refractivity contribution in [1.29, 1.82) is 5.41 Å². The summed E-state index contributed by atoms with van der Waals surface area (Å²) in [5, 5.41) is 20.9. The Bertz CT molecular complexity index is 1330. The molecule has 1 saturated heterocycles. The van der Waals surface area contributed by atoms with Crippen molar-refractivity contribution in [3.05, 3.63) is 68.8 Å². The molecular weight excluding hydrogens is 562 g/mol. The van der Waals surface area contributed by atoms with Gasteiger partial charge >= 0.3 is 0 Å². The van der Waals surface area contributed by atoms with Crippen molar-refractivity contribution in [2.24, 2.45) is 11.8 Å². The van der Waals surface area contributed by atoms with Gasteiger partial charge in [0.05, 0.1) is 34.0 Å². The quantitative estimate of drug-likeness (QED) is 0.170. The highest BCUT2D eigenvalue weighted by Crippen LogP contribution is 2.43. The third-order valence-corrected chi connectivity index (χ3v) is 9.64. The molecule has 7 nitrogen and oxygen atoms in total. The fourth-order valence-corrected chi connectivity index (χ4v) is 6.82. The van der Waals surface area contributed by atoms with E-state index in [1.807, 2.05) is 4.90 Å². The van der Waals surface area contributed by atoms with Crippen LogP contribution in [0.25, 0.3) is 0 Å². The van der Waals surface area contributed by atoms with Crippen LogP contribution in [-0.2, 0) is 4.74 Å². The normalized spacial score (nSPS) is 24.6. The number of piperidine rings is 1. The highest BCUT2D eigenvalue weighted by molar-refractivity contribution is 7.98. The van der Waals surface area contributed by atoms with Gasteiger partial charge in [0.2, 0.25) is 0 Å². The van der Waals surface area contributed by atoms with Crippen LogP contribution in [0.3, 0.4) is 0 Å². The lowest BCUT2D eigenvalue weighted by molar-refractivity contribution is 0.0388. The molecule has 3 saturated carbocycles. The van der Waals surface area contributed by atoms with Crippen LogP contribution in [0.15, 0.2) is 41.8 Å². The van der Waals surface area contributed by atoms with E-state index in [9.17, 15) is 9.90 Å². The Morgan fingerprint density at radius 2 is 1.97 bits per heavy atom. The average molecular weight is 592 g/mol. The second kappa shape index (κ2) is 10.9. The number of aromatic nitrogens is 1. The second-order valence-corrected chi connectivity index (χ2v) is 12.7. The van der Waals surface area contributed by atoms with E-state index < -0.39 is 5.82 Å². The number of amides is 1. The zero-order valence-electron chi connectivity index (χ0n) is 21.1. The molecule has 1 aliphatic heterocycles. The van der Waals surface area contributed by atoms with Crippen molar-refractivity contribution in [2.45, 2.75) is 55.9 Å². The summed E-state index contributed by atoms with van der Waals surface area (Å²) in [4.78, 5) is 18.6. The minimum Gasteiger partial charge on any atom is -0.512 e. The molecule has 0 radical (unpaired) electrons. The number of rotatable bonds is 10. The third kappa shape index (κ3) is 5.64. The lowest BCUT2D eigenvalue weighted by Gasteiger charge is -2.32. The molecule has 2 heterocycles. The number of fused-ring (bicyclic) bond motifs is 2. The molecule has 4 aliphatic rings. The summed E-state index contributed by atoms with van der Waals surface area (Å²) in [5.41, 5.74) is 1.08. The summed E-state index contributed by atoms with van der Waals surface area (Å²) in [6, 6.07) is 6.39. The largest absolute Gasteiger partial charge is 0.512 e. The van der Waals surface area contributed by atoms with Gasteiger partial charge in [-0.1, -0.05) is 29.3 Å². The summed E-state index contributed by atoms with van der Waals surface area (Å²) in [6.07, 6.45) is 6.81. The number of hydrogen-bond acceptors (Lipinski definition) is 7. The smallest absolute Gasteiger partial charge is 0.262 e. The van der Waals surface area contributed by atoms with Crippen molar-refractivity contribution in [2.75, 3.05) is 18.1 Å². The van der Waals surface area contributed by atoms with Gasteiger partial charge in [-0.15, -0.1) is 0 Å². The second-order valence-electron chi connectivity index (χ2n) is 10.8. The molecule has 206 valence electrons. The lowest BCUT2D eigenvalue weighted by Crippen LogP contribution is -2.40. The molecule has 4 fully saturated rings. The van der Waals surface area contributed by atoms with E-state index in [1.165, 1.54) is 24.2 Å². The van der Waals surface area contributed by atoms with Gasteiger partial charge in [-0.3, -0.25) is 14.9 Å². The Balaban J connectivity index is 1.10. The molecule has 0 spiro atoms. The molecule has 1 amide bonds. The highest BCUT2D eigenvalue weighted by atomic mass is 35.5. The van der Waals surface area contributed by atoms with Gasteiger partial charge in [-0.25, -0.2) is 9.37 Å². The Morgan fingerprint density at radius 3 is 2.59 bits per heavy atom. The number of hydrogen-bond donors (Lipinski definition) is 3. The molecule has 11 heteroatoms. The summed E-state index contributed by atoms with van der Waals surface area (Å²) in [6.45, 7) is 0.662. The first-order valence-corrected chi connectivity index (χ1v) is 14.9. The van der Waals surface area contributed by atoms with Gasteiger partial charge in [0.1, 0.15) is 5.76 Å². The number of pyridine rings is 1. The molecule has 2 aromatic rings. The van der Waals surface area contributed by atoms with Crippen LogP contribution in [0.2, 0.25) is 10.0 Å². The zero-order valence-corrected chi connectivity index (χ0v) is 23.5. The Hall–Kier alpha value is -2.33. The predicted octanol–water partition coefficient (Wildman–Crippen LogP) is 6.34. The van der Waals surface area contributed by atoms with E-state index in [4.69, 9.17) is 33.3 Å². The van der Waals surface area contributed by atoms with Crippen LogP contribution in [0.4, 0.5) is 10.2 Å². The molecule has 6 rings (SSSR count). The van der Waals surface area contributed by atoms with Crippen LogP contribution in [0.5, 0.6) is 0 Å². The summed E-state index contributed by atoms with van der Waals surface area (Å²) >= 11 is 14.1. The van der Waals surface area contributed by atoms with Crippen LogP contribution >= 0.6 is 35.1 Å². The number of nitrogens with one attached hydrogen (secondary N) is 2. The highest BCUT2D eigenvalue weighted by Gasteiger charge is 2.46. The van der Waals surface area contributed by atoms with Crippen molar-refractivity contribution in [3.63, 3.8) is 0 Å². The fourth-order valence-electron chi connectivity index (χ4n) is 5.47. The lowest BCUT2D eigenvalue weighted by atomic mass is 9.99. The van der Waals surface area contributed by atoms with Gasteiger partial charge in [0.25, 0.3) is 5.91 Å². The Kier molecular flexibility index (Phi) is 7.52. The number of ether oxygens (including phenoxy) is 1. The number of aliphatic hydroxyl groups is 1. The number of carbonyl (C=O) groups is 1. The topological polar surface area (TPSA) is 98.5 Å². The number of anilines is 1. The van der Waals surface area contributed by atoms with Gasteiger partial charge in [0.15, 0.2) is 11.6 Å². The van der Waals surface area contributed by atoms with Crippen molar-refractivity contribution in [1.82, 2.24) is 9.71 Å². The third-order valence-electron chi connectivity index (χ3n) is 7.91. The number of halogens is 3. The first-order chi connectivity index (χ1) is 18.8. The predicted molar refractivity (Wildman–Crippen MR) is 152 cm³/mol. The van der Waals surface area contributed by atoms with Crippen molar-refractivity contribution >= 4 is 52.6 Å². The minimum atomic E-state index is -0.506. The van der Waals surface area contributed by atoms with Crippen LogP contribution in [-0.4, -0.2) is 52.3 Å². The number of carbonyl (C=O) groups excluding carboxylic acids is 1. The minimum absolute atomic E-state index is 0.0344. The maximum Gasteiger partial charge on any atom is 0.262 e. The fraction of sp³-hybridized carbons (Fsp3) is 0.464. The van der Waals surface area contributed by atoms with Gasteiger partial charge in [0, 0.05) is 47.0 Å². The Morgan fingerprint density at radius 1 is 1.23 bits per heavy atom. The van der Waals surface area contributed by atoms with E-state index in [1.54, 1.807) is 18.2 Å². The van der Waals surface area contributed by atoms with Gasteiger partial charge in [-0.05, 0) is 68.7 Å². The van der Waals surface area contributed by atoms with Crippen molar-refractivity contribution < 1.29 is 19.0 Å². The first-order valence-electron chi connectivity index (χ1n) is 13.2. The molecular formula is C28H29Cl2FN4O3S. The number of nitrogens with zero attached hydrogens (tertiary/aromatic N) is 2. The average Bonchev–Trinajstić information content (AvgIpc) is 3.85. The summed E-state index contributed by atoms with van der Waals surface area (Å²) in [5.74, 6) is -0.207. The number of aliphatic hydroxyl groups excluding tert-OH is 1. The molecule has 1 aromatic carbocycles. The van der Waals surface area contributed by atoms with E-state index in [0.29, 0.717) is 39.4 Å². The molecule has 3 atom stereocenters. The van der Waals surface area contributed by atoms with E-state index in [2.05, 4.69) is 9.71 Å². The van der Waals surface area contributed by atoms with E-state index >= 15 is 4.39 Å².